The lowest BCUT2D eigenvalue weighted by Gasteiger charge is -2.07. The fraction of sp³-hybridized carbons (Fsp3) is 0.182. The molecule has 0 saturated carbocycles. The number of carbonyl (C=O) groups is 1. The molecule has 0 bridgehead atoms. The van der Waals surface area contributed by atoms with Crippen LogP contribution in [0.3, 0.4) is 0 Å². The first kappa shape index (κ1) is 15.6. The van der Waals surface area contributed by atoms with Crippen molar-refractivity contribution >= 4 is 31.9 Å². The van der Waals surface area contributed by atoms with E-state index < -0.39 is 33.2 Å². The monoisotopic (exact) mass is 348 g/mol. The molecule has 8 heteroatoms. The van der Waals surface area contributed by atoms with Gasteiger partial charge in [-0.05, 0) is 18.2 Å². The Morgan fingerprint density at radius 2 is 2.16 bits per heavy atom. The van der Waals surface area contributed by atoms with Crippen LogP contribution in [0.1, 0.15) is 0 Å². The summed E-state index contributed by atoms with van der Waals surface area (Å²) >= 11 is 3.02. The normalized spacial score (nSPS) is 10.8. The number of halogens is 2. The largest absolute Gasteiger partial charge is 0.344 e. The molecule has 0 aliphatic heterocycles. The molecule has 1 amide bonds. The van der Waals surface area contributed by atoms with E-state index >= 15 is 0 Å². The highest BCUT2D eigenvalue weighted by Gasteiger charge is 2.19. The Morgan fingerprint density at radius 1 is 1.47 bits per heavy atom. The van der Waals surface area contributed by atoms with Crippen molar-refractivity contribution in [2.45, 2.75) is 4.90 Å². The number of hydrogen-bond acceptors (Lipinski definition) is 3. The van der Waals surface area contributed by atoms with Crippen LogP contribution in [0.5, 0.6) is 0 Å². The van der Waals surface area contributed by atoms with Crippen LogP contribution in [0.15, 0.2) is 27.6 Å². The third-order valence-corrected chi connectivity index (χ3v) is 3.92. The van der Waals surface area contributed by atoms with E-state index in [0.717, 1.165) is 12.1 Å². The number of benzene rings is 1. The molecular weight excluding hydrogens is 339 g/mol. The molecule has 5 nitrogen and oxygen atoms in total. The first-order valence-electron chi connectivity index (χ1n) is 5.01. The van der Waals surface area contributed by atoms with E-state index in [1.807, 2.05) is 4.72 Å². The topological polar surface area (TPSA) is 75.3 Å². The van der Waals surface area contributed by atoms with Gasteiger partial charge in [0.25, 0.3) is 0 Å². The molecule has 0 atom stereocenters. The average molecular weight is 349 g/mol. The standard InChI is InChI=1S/C11H10BrFN2O3S/c1-2-5-14-11(16)7-15-19(17,18)10-4-3-8(12)6-9(10)13/h1,3-4,6,15H,5,7H2,(H,14,16). The van der Waals surface area contributed by atoms with Crippen molar-refractivity contribution < 1.29 is 17.6 Å². The Kier molecular flexibility index (Phi) is 5.47. The highest BCUT2D eigenvalue weighted by Crippen LogP contribution is 2.18. The van der Waals surface area contributed by atoms with Crippen molar-refractivity contribution in [3.05, 3.63) is 28.5 Å². The van der Waals surface area contributed by atoms with Crippen molar-refractivity contribution in [3.8, 4) is 12.3 Å². The third kappa shape index (κ3) is 4.63. The van der Waals surface area contributed by atoms with E-state index in [4.69, 9.17) is 6.42 Å². The number of carbonyl (C=O) groups excluding carboxylic acids is 1. The molecule has 0 aromatic heterocycles. The van der Waals surface area contributed by atoms with Gasteiger partial charge in [-0.15, -0.1) is 6.42 Å². The lowest BCUT2D eigenvalue weighted by molar-refractivity contribution is -0.119. The van der Waals surface area contributed by atoms with Crippen LogP contribution in [0.2, 0.25) is 0 Å². The Morgan fingerprint density at radius 3 is 2.74 bits per heavy atom. The molecule has 0 aliphatic rings. The minimum atomic E-state index is -4.09. The number of amides is 1. The van der Waals surface area contributed by atoms with Crippen molar-refractivity contribution in [2.24, 2.45) is 0 Å². The highest BCUT2D eigenvalue weighted by molar-refractivity contribution is 9.10. The summed E-state index contributed by atoms with van der Waals surface area (Å²) in [5.74, 6) is 0.659. The molecule has 0 fully saturated rings. The molecule has 0 aliphatic carbocycles. The van der Waals surface area contributed by atoms with Gasteiger partial charge in [0.1, 0.15) is 10.7 Å². The van der Waals surface area contributed by atoms with Gasteiger partial charge in [-0.2, -0.15) is 0 Å². The van der Waals surface area contributed by atoms with Gasteiger partial charge < -0.3 is 5.32 Å². The summed E-state index contributed by atoms with van der Waals surface area (Å²) in [7, 11) is -4.09. The average Bonchev–Trinajstić information content (AvgIpc) is 2.33. The zero-order valence-electron chi connectivity index (χ0n) is 9.61. The van der Waals surface area contributed by atoms with Gasteiger partial charge in [-0.3, -0.25) is 4.79 Å². The van der Waals surface area contributed by atoms with Gasteiger partial charge >= 0.3 is 0 Å². The van der Waals surface area contributed by atoms with Crippen LogP contribution < -0.4 is 10.0 Å². The molecule has 0 radical (unpaired) electrons. The van der Waals surface area contributed by atoms with E-state index in [1.54, 1.807) is 0 Å². The minimum absolute atomic E-state index is 0.00674. The number of hydrogen-bond donors (Lipinski definition) is 2. The molecule has 1 aromatic carbocycles. The predicted octanol–water partition coefficient (Wildman–Crippen LogP) is 0.616. The van der Waals surface area contributed by atoms with Gasteiger partial charge in [0.05, 0.1) is 13.1 Å². The van der Waals surface area contributed by atoms with Gasteiger partial charge in [-0.25, -0.2) is 17.5 Å². The first-order valence-corrected chi connectivity index (χ1v) is 7.29. The second-order valence-corrected chi connectivity index (χ2v) is 6.03. The van der Waals surface area contributed by atoms with Gasteiger partial charge in [-0.1, -0.05) is 21.9 Å². The van der Waals surface area contributed by atoms with Crippen LogP contribution >= 0.6 is 15.9 Å². The first-order chi connectivity index (χ1) is 8.86. The third-order valence-electron chi connectivity index (χ3n) is 1.99. The van der Waals surface area contributed by atoms with E-state index in [1.165, 1.54) is 6.07 Å². The van der Waals surface area contributed by atoms with Crippen molar-refractivity contribution in [1.29, 1.82) is 0 Å². The summed E-state index contributed by atoms with van der Waals surface area (Å²) in [6, 6.07) is 3.50. The fourth-order valence-corrected chi connectivity index (χ4v) is 2.52. The number of rotatable bonds is 5. The molecule has 0 heterocycles. The van der Waals surface area contributed by atoms with Crippen molar-refractivity contribution in [1.82, 2.24) is 10.0 Å². The zero-order chi connectivity index (χ0) is 14.5. The smallest absolute Gasteiger partial charge is 0.243 e. The summed E-state index contributed by atoms with van der Waals surface area (Å²) in [6.45, 7) is -0.521. The van der Waals surface area contributed by atoms with Gasteiger partial charge in [0.2, 0.25) is 15.9 Å². The van der Waals surface area contributed by atoms with Crippen LogP contribution in [0, 0.1) is 18.2 Å². The molecular formula is C11H10BrFN2O3S. The van der Waals surface area contributed by atoms with E-state index in [2.05, 4.69) is 27.2 Å². The summed E-state index contributed by atoms with van der Waals surface area (Å²) < 4.78 is 39.4. The molecule has 0 unspecified atom stereocenters. The summed E-state index contributed by atoms with van der Waals surface area (Å²) in [4.78, 5) is 10.7. The maximum Gasteiger partial charge on any atom is 0.243 e. The van der Waals surface area contributed by atoms with E-state index in [9.17, 15) is 17.6 Å². The van der Waals surface area contributed by atoms with Crippen LogP contribution in [-0.2, 0) is 14.8 Å². The predicted molar refractivity (Wildman–Crippen MR) is 71.1 cm³/mol. The maximum atomic E-state index is 13.5. The van der Waals surface area contributed by atoms with Crippen LogP contribution in [-0.4, -0.2) is 27.4 Å². The Bertz CT molecular complexity index is 625. The lowest BCUT2D eigenvalue weighted by atomic mass is 10.3. The Hall–Kier alpha value is -1.43. The molecule has 102 valence electrons. The molecule has 2 N–H and O–H groups in total. The van der Waals surface area contributed by atoms with Crippen LogP contribution in [0.25, 0.3) is 0 Å². The van der Waals surface area contributed by atoms with E-state index in [0.29, 0.717) is 4.47 Å². The Balaban J connectivity index is 2.77. The lowest BCUT2D eigenvalue weighted by Crippen LogP contribution is -2.37. The van der Waals surface area contributed by atoms with Gasteiger partial charge in [0.15, 0.2) is 0 Å². The number of sulfonamides is 1. The van der Waals surface area contributed by atoms with Crippen LogP contribution in [0.4, 0.5) is 4.39 Å². The Labute approximate surface area is 118 Å². The summed E-state index contributed by atoms with van der Waals surface area (Å²) in [5.41, 5.74) is 0. The second kappa shape index (κ2) is 6.65. The summed E-state index contributed by atoms with van der Waals surface area (Å²) in [5, 5.41) is 2.28. The fourth-order valence-electron chi connectivity index (χ4n) is 1.14. The maximum absolute atomic E-state index is 13.5. The number of terminal acetylenes is 1. The minimum Gasteiger partial charge on any atom is -0.344 e. The molecule has 19 heavy (non-hydrogen) atoms. The highest BCUT2D eigenvalue weighted by atomic mass is 79.9. The zero-order valence-corrected chi connectivity index (χ0v) is 12.0. The van der Waals surface area contributed by atoms with Gasteiger partial charge in [0, 0.05) is 4.47 Å². The van der Waals surface area contributed by atoms with Crippen molar-refractivity contribution in [3.63, 3.8) is 0 Å². The van der Waals surface area contributed by atoms with Crippen molar-refractivity contribution in [2.75, 3.05) is 13.1 Å². The molecule has 1 aromatic rings. The number of nitrogens with one attached hydrogen (secondary N) is 2. The summed E-state index contributed by atoms with van der Waals surface area (Å²) in [6.07, 6.45) is 4.93. The quantitative estimate of drug-likeness (QED) is 0.766. The van der Waals surface area contributed by atoms with E-state index in [-0.39, 0.29) is 6.54 Å². The molecule has 1 rings (SSSR count). The molecule has 0 spiro atoms. The second-order valence-electron chi connectivity index (χ2n) is 3.38. The molecule has 0 saturated heterocycles. The SMILES string of the molecule is C#CCNC(=O)CNS(=O)(=O)c1ccc(Br)cc1F.